The average Bonchev–Trinajstić information content (AvgIpc) is 2.86. The van der Waals surface area contributed by atoms with E-state index in [2.05, 4.69) is 10.3 Å². The van der Waals surface area contributed by atoms with E-state index in [0.717, 1.165) is 17.1 Å². The lowest BCUT2D eigenvalue weighted by Gasteiger charge is -2.35. The molecule has 12 heteroatoms. The number of methoxy groups -OCH3 is 1. The molecule has 1 saturated heterocycles. The number of hydrogen-bond acceptors (Lipinski definition) is 8. The van der Waals surface area contributed by atoms with Crippen LogP contribution >= 0.6 is 11.8 Å². The Labute approximate surface area is 206 Å². The number of hydrogen-bond donors (Lipinski definition) is 2. The van der Waals surface area contributed by atoms with Gasteiger partial charge in [0.15, 0.2) is 0 Å². The van der Waals surface area contributed by atoms with E-state index in [4.69, 9.17) is 14.6 Å². The van der Waals surface area contributed by atoms with Crippen LogP contribution in [0.5, 0.6) is 5.75 Å². The standard InChI is InChI=1S/C23H28N4O7S/c1-3-34-23(32)27-10-8-26(9-11-27)22(31)18(13-35-14-20(28)29)25-21(30)17-12-19(33-2)15-6-4-5-7-16(15)24-17/h4-7,12,18H,3,8-11,13-14H2,1-2H3,(H,25,30)(H,28,29). The Morgan fingerprint density at radius 2 is 1.83 bits per heavy atom. The largest absolute Gasteiger partial charge is 0.496 e. The van der Waals surface area contributed by atoms with Gasteiger partial charge >= 0.3 is 12.1 Å². The van der Waals surface area contributed by atoms with E-state index in [0.29, 0.717) is 24.4 Å². The van der Waals surface area contributed by atoms with Crippen molar-refractivity contribution < 1.29 is 33.8 Å². The lowest BCUT2D eigenvalue weighted by Crippen LogP contribution is -2.56. The lowest BCUT2D eigenvalue weighted by atomic mass is 10.1. The van der Waals surface area contributed by atoms with Crippen molar-refractivity contribution in [3.05, 3.63) is 36.0 Å². The number of aliphatic carboxylic acids is 1. The number of para-hydroxylation sites is 1. The second kappa shape index (κ2) is 12.2. The molecule has 3 amide bonds. The van der Waals surface area contributed by atoms with Gasteiger partial charge in [-0.15, -0.1) is 11.8 Å². The third-order valence-corrected chi connectivity index (χ3v) is 6.38. The normalized spacial score (nSPS) is 14.3. The summed E-state index contributed by atoms with van der Waals surface area (Å²) < 4.78 is 10.4. The molecule has 0 radical (unpaired) electrons. The summed E-state index contributed by atoms with van der Waals surface area (Å²) in [6.45, 7) is 3.14. The van der Waals surface area contributed by atoms with Gasteiger partial charge in [0.05, 0.1) is 25.0 Å². The number of fused-ring (bicyclic) bond motifs is 1. The van der Waals surface area contributed by atoms with Crippen molar-refractivity contribution in [3.63, 3.8) is 0 Å². The number of ether oxygens (including phenoxy) is 2. The maximum absolute atomic E-state index is 13.2. The molecule has 1 aromatic heterocycles. The number of piperazine rings is 1. The van der Waals surface area contributed by atoms with Gasteiger partial charge in [0.1, 0.15) is 17.5 Å². The third-order valence-electron chi connectivity index (χ3n) is 5.36. The minimum Gasteiger partial charge on any atom is -0.496 e. The second-order valence-electron chi connectivity index (χ2n) is 7.67. The van der Waals surface area contributed by atoms with Crippen LogP contribution in [0, 0.1) is 0 Å². The zero-order chi connectivity index (χ0) is 25.4. The second-order valence-corrected chi connectivity index (χ2v) is 8.70. The Hall–Kier alpha value is -3.54. The molecule has 1 fully saturated rings. The van der Waals surface area contributed by atoms with Gasteiger partial charge in [0.2, 0.25) is 5.91 Å². The van der Waals surface area contributed by atoms with Gasteiger partial charge in [-0.05, 0) is 19.1 Å². The SMILES string of the molecule is CCOC(=O)N1CCN(C(=O)C(CSCC(=O)O)NC(=O)c2cc(OC)c3ccccc3n2)CC1. The van der Waals surface area contributed by atoms with Crippen LogP contribution in [0.2, 0.25) is 0 Å². The zero-order valence-corrected chi connectivity index (χ0v) is 20.4. The van der Waals surface area contributed by atoms with Crippen molar-refractivity contribution >= 4 is 46.5 Å². The van der Waals surface area contributed by atoms with E-state index in [-0.39, 0.29) is 42.8 Å². The molecule has 2 aromatic rings. The molecule has 0 spiro atoms. The van der Waals surface area contributed by atoms with Crippen molar-refractivity contribution in [2.75, 3.05) is 51.4 Å². The van der Waals surface area contributed by atoms with Gasteiger partial charge in [0, 0.05) is 43.4 Å². The highest BCUT2D eigenvalue weighted by Gasteiger charge is 2.31. The first kappa shape index (κ1) is 26.1. The number of aromatic nitrogens is 1. The highest BCUT2D eigenvalue weighted by atomic mass is 32.2. The number of benzene rings is 1. The van der Waals surface area contributed by atoms with Gasteiger partial charge in [0.25, 0.3) is 5.91 Å². The summed E-state index contributed by atoms with van der Waals surface area (Å²) in [6.07, 6.45) is -0.433. The molecular formula is C23H28N4O7S. The molecule has 2 N–H and O–H groups in total. The number of carbonyl (C=O) groups excluding carboxylic acids is 3. The molecule has 2 heterocycles. The monoisotopic (exact) mass is 504 g/mol. The van der Waals surface area contributed by atoms with Crippen LogP contribution in [0.25, 0.3) is 10.9 Å². The summed E-state index contributed by atoms with van der Waals surface area (Å²) in [5.41, 5.74) is 0.643. The molecular weight excluding hydrogens is 476 g/mol. The summed E-state index contributed by atoms with van der Waals surface area (Å²) >= 11 is 1.03. The number of rotatable bonds is 9. The maximum Gasteiger partial charge on any atom is 0.409 e. The van der Waals surface area contributed by atoms with Crippen LogP contribution in [0.3, 0.4) is 0 Å². The van der Waals surface area contributed by atoms with E-state index in [1.807, 2.05) is 12.1 Å². The van der Waals surface area contributed by atoms with Crippen LogP contribution in [0.1, 0.15) is 17.4 Å². The number of nitrogens with one attached hydrogen (secondary N) is 1. The number of pyridine rings is 1. The van der Waals surface area contributed by atoms with E-state index >= 15 is 0 Å². The number of amides is 3. The number of nitrogens with zero attached hydrogens (tertiary/aromatic N) is 3. The smallest absolute Gasteiger partial charge is 0.409 e. The molecule has 35 heavy (non-hydrogen) atoms. The van der Waals surface area contributed by atoms with Crippen molar-refractivity contribution in [2.24, 2.45) is 0 Å². The molecule has 0 aliphatic carbocycles. The van der Waals surface area contributed by atoms with Gasteiger partial charge in [-0.25, -0.2) is 9.78 Å². The van der Waals surface area contributed by atoms with Crippen LogP contribution < -0.4 is 10.1 Å². The Kier molecular flexibility index (Phi) is 9.12. The molecule has 1 atom stereocenters. The lowest BCUT2D eigenvalue weighted by molar-refractivity contribution is -0.135. The molecule has 0 saturated carbocycles. The summed E-state index contributed by atoms with van der Waals surface area (Å²) in [5.74, 6) is -1.62. The molecule has 1 unspecified atom stereocenters. The van der Waals surface area contributed by atoms with Gasteiger partial charge < -0.3 is 29.7 Å². The van der Waals surface area contributed by atoms with E-state index in [1.54, 1.807) is 24.0 Å². The summed E-state index contributed by atoms with van der Waals surface area (Å²) in [7, 11) is 1.49. The summed E-state index contributed by atoms with van der Waals surface area (Å²) in [6, 6.07) is 7.74. The first-order chi connectivity index (χ1) is 16.8. The number of carboxylic acid groups (broad SMARTS) is 1. The van der Waals surface area contributed by atoms with Gasteiger partial charge in [-0.2, -0.15) is 0 Å². The predicted octanol–water partition coefficient (Wildman–Crippen LogP) is 1.46. The molecule has 188 valence electrons. The van der Waals surface area contributed by atoms with E-state index < -0.39 is 24.0 Å². The molecule has 1 aliphatic heterocycles. The Morgan fingerprint density at radius 3 is 2.49 bits per heavy atom. The average molecular weight is 505 g/mol. The third kappa shape index (κ3) is 6.75. The van der Waals surface area contributed by atoms with Gasteiger partial charge in [-0.3, -0.25) is 14.4 Å². The fraction of sp³-hybridized carbons (Fsp3) is 0.435. The van der Waals surface area contributed by atoms with Crippen LogP contribution in [-0.4, -0.2) is 101 Å². The van der Waals surface area contributed by atoms with E-state index in [1.165, 1.54) is 18.1 Å². The number of carbonyl (C=O) groups is 4. The quantitative estimate of drug-likeness (QED) is 0.520. The van der Waals surface area contributed by atoms with E-state index in [9.17, 15) is 19.2 Å². The zero-order valence-electron chi connectivity index (χ0n) is 19.6. The predicted molar refractivity (Wildman–Crippen MR) is 130 cm³/mol. The van der Waals surface area contributed by atoms with Gasteiger partial charge in [-0.1, -0.05) is 12.1 Å². The van der Waals surface area contributed by atoms with Crippen LogP contribution in [0.15, 0.2) is 30.3 Å². The van der Waals surface area contributed by atoms with Crippen molar-refractivity contribution in [2.45, 2.75) is 13.0 Å². The van der Waals surface area contributed by atoms with Crippen molar-refractivity contribution in [1.29, 1.82) is 0 Å². The fourth-order valence-corrected chi connectivity index (χ4v) is 4.40. The minimum absolute atomic E-state index is 0.0691. The molecule has 1 aliphatic rings. The van der Waals surface area contributed by atoms with Crippen LogP contribution in [-0.2, 0) is 14.3 Å². The maximum atomic E-state index is 13.2. The highest BCUT2D eigenvalue weighted by Crippen LogP contribution is 2.25. The number of thioether (sulfide) groups is 1. The van der Waals surface area contributed by atoms with Crippen molar-refractivity contribution in [3.8, 4) is 5.75 Å². The number of carboxylic acids is 1. The fourth-order valence-electron chi connectivity index (χ4n) is 3.64. The topological polar surface area (TPSA) is 138 Å². The van der Waals surface area contributed by atoms with Crippen molar-refractivity contribution in [1.82, 2.24) is 20.1 Å². The Balaban J connectivity index is 1.74. The summed E-state index contributed by atoms with van der Waals surface area (Å²) in [5, 5.41) is 12.4. The Morgan fingerprint density at radius 1 is 1.14 bits per heavy atom. The first-order valence-electron chi connectivity index (χ1n) is 11.1. The molecule has 1 aromatic carbocycles. The Bertz CT molecular complexity index is 1090. The first-order valence-corrected chi connectivity index (χ1v) is 12.2. The highest BCUT2D eigenvalue weighted by molar-refractivity contribution is 8.00. The van der Waals surface area contributed by atoms with Crippen LogP contribution in [0.4, 0.5) is 4.79 Å². The molecule has 3 rings (SSSR count). The molecule has 0 bridgehead atoms. The summed E-state index contributed by atoms with van der Waals surface area (Å²) in [4.78, 5) is 56.7. The minimum atomic E-state index is -1.02. The molecule has 11 nitrogen and oxygen atoms in total.